The average molecular weight is 618 g/mol. The molecule has 2 aliphatic rings. The number of imide groups is 1. The van der Waals surface area contributed by atoms with Gasteiger partial charge in [0.05, 0.1) is 39.6 Å². The molecular weight excluding hydrogens is 578 g/mol. The van der Waals surface area contributed by atoms with Crippen LogP contribution in [-0.4, -0.2) is 110 Å². The van der Waals surface area contributed by atoms with Gasteiger partial charge in [-0.3, -0.25) is 29.4 Å². The maximum absolute atomic E-state index is 13.1. The lowest BCUT2D eigenvalue weighted by atomic mass is 10.0. The second-order valence-corrected chi connectivity index (χ2v) is 11.0. The van der Waals surface area contributed by atoms with Crippen molar-refractivity contribution in [2.45, 2.75) is 51.8 Å². The largest absolute Gasteiger partial charge is 0.444 e. The summed E-state index contributed by atoms with van der Waals surface area (Å²) in [5.74, 6) is -1.78. The van der Waals surface area contributed by atoms with Gasteiger partial charge in [0.1, 0.15) is 18.2 Å². The van der Waals surface area contributed by atoms with Crippen molar-refractivity contribution in [3.05, 3.63) is 39.8 Å². The number of ether oxygens (including phenoxy) is 4. The molecule has 16 nitrogen and oxygen atoms in total. The van der Waals surface area contributed by atoms with Crippen molar-refractivity contribution < 1.29 is 42.9 Å². The van der Waals surface area contributed by atoms with Crippen molar-refractivity contribution in [2.75, 3.05) is 64.6 Å². The summed E-state index contributed by atoms with van der Waals surface area (Å²) < 4.78 is 21.7. The first-order valence-corrected chi connectivity index (χ1v) is 14.3. The molecule has 1 aromatic carbocycles. The maximum atomic E-state index is 13.1. The van der Waals surface area contributed by atoms with E-state index in [1.54, 1.807) is 39.0 Å². The van der Waals surface area contributed by atoms with E-state index >= 15 is 0 Å². The fraction of sp³-hybridized carbons (Fsp3) is 0.607. The summed E-state index contributed by atoms with van der Waals surface area (Å²) in [4.78, 5) is 68.3. The highest BCUT2D eigenvalue weighted by Crippen LogP contribution is 2.32. The summed E-state index contributed by atoms with van der Waals surface area (Å²) in [6.07, 6.45) is -0.337. The Morgan fingerprint density at radius 1 is 1.09 bits per heavy atom. The Morgan fingerprint density at radius 3 is 2.43 bits per heavy atom. The van der Waals surface area contributed by atoms with Crippen LogP contribution in [-0.2, 0) is 39.9 Å². The SMILES string of the molecule is CC(C)(C)OC(=O)N(CCOCCOCCOCCN=[N+]=[N-])CC(=O)Nc1cccc2c1CN(C1CCC(=O)NC1=O)C2=O. The Hall–Kier alpha value is -4.24. The number of fused-ring (bicyclic) bond motifs is 1. The minimum atomic E-state index is -0.788. The van der Waals surface area contributed by atoms with Crippen LogP contribution in [0.2, 0.25) is 0 Å². The Bertz CT molecular complexity index is 1260. The number of carbonyl (C=O) groups excluding carboxylic acids is 5. The summed E-state index contributed by atoms with van der Waals surface area (Å²) in [6.45, 7) is 6.88. The van der Waals surface area contributed by atoms with E-state index in [1.165, 1.54) is 9.80 Å². The summed E-state index contributed by atoms with van der Waals surface area (Å²) >= 11 is 0. The molecule has 2 N–H and O–H groups in total. The minimum absolute atomic E-state index is 0.0690. The van der Waals surface area contributed by atoms with E-state index in [0.29, 0.717) is 43.2 Å². The average Bonchev–Trinajstić information content (AvgIpc) is 3.29. The van der Waals surface area contributed by atoms with E-state index in [1.807, 2.05) is 0 Å². The summed E-state index contributed by atoms with van der Waals surface area (Å²) in [5, 5.41) is 8.41. The number of hydrogen-bond acceptors (Lipinski definition) is 10. The lowest BCUT2D eigenvalue weighted by molar-refractivity contribution is -0.137. The topological polar surface area (TPSA) is 202 Å². The number of amides is 5. The van der Waals surface area contributed by atoms with Gasteiger partial charge < -0.3 is 29.2 Å². The van der Waals surface area contributed by atoms with Gasteiger partial charge in [-0.2, -0.15) is 0 Å². The standard InChI is InChI=1S/C28H39N7O9/c1-28(2,3)44-27(40)34(10-12-42-14-16-43-15-13-41-11-9-30-33-29)18-24(37)31-21-6-4-5-19-20(21)17-35(26(19)39)22-7-8-23(36)32-25(22)38/h4-6,22H,7-18H2,1-3H3,(H,31,37)(H,32,36,38). The van der Waals surface area contributed by atoms with Crippen LogP contribution in [0.25, 0.3) is 10.4 Å². The van der Waals surface area contributed by atoms with Gasteiger partial charge in [-0.05, 0) is 44.9 Å². The monoisotopic (exact) mass is 617 g/mol. The van der Waals surface area contributed by atoms with E-state index in [9.17, 15) is 24.0 Å². The van der Waals surface area contributed by atoms with Gasteiger partial charge in [0, 0.05) is 47.8 Å². The Morgan fingerprint density at radius 2 is 1.77 bits per heavy atom. The summed E-state index contributed by atoms with van der Waals surface area (Å²) in [6, 6.07) is 4.10. The molecular formula is C28H39N7O9. The van der Waals surface area contributed by atoms with Crippen LogP contribution in [0.4, 0.5) is 10.5 Å². The first-order valence-electron chi connectivity index (χ1n) is 14.3. The third-order valence-electron chi connectivity index (χ3n) is 6.49. The molecule has 240 valence electrons. The van der Waals surface area contributed by atoms with Crippen LogP contribution in [0.1, 0.15) is 49.5 Å². The number of rotatable bonds is 16. The fourth-order valence-electron chi connectivity index (χ4n) is 4.49. The second kappa shape index (κ2) is 16.6. The van der Waals surface area contributed by atoms with Crippen molar-refractivity contribution in [2.24, 2.45) is 5.11 Å². The highest BCUT2D eigenvalue weighted by molar-refractivity contribution is 6.07. The molecule has 0 saturated carbocycles. The fourth-order valence-corrected chi connectivity index (χ4v) is 4.49. The predicted octanol–water partition coefficient (Wildman–Crippen LogP) is 1.98. The number of azide groups is 1. The third kappa shape index (κ3) is 10.5. The van der Waals surface area contributed by atoms with Crippen LogP contribution in [0.3, 0.4) is 0 Å². The lowest BCUT2D eigenvalue weighted by Gasteiger charge is -2.29. The third-order valence-corrected chi connectivity index (χ3v) is 6.49. The quantitative estimate of drug-likeness (QED) is 0.0914. The number of anilines is 1. The molecule has 0 spiro atoms. The second-order valence-electron chi connectivity index (χ2n) is 11.0. The molecule has 3 rings (SSSR count). The Kier molecular flexibility index (Phi) is 12.9. The highest BCUT2D eigenvalue weighted by atomic mass is 16.6. The molecule has 2 heterocycles. The molecule has 1 saturated heterocycles. The normalized spacial score (nSPS) is 16.2. The zero-order valence-corrected chi connectivity index (χ0v) is 25.2. The molecule has 0 radical (unpaired) electrons. The van der Waals surface area contributed by atoms with Crippen LogP contribution in [0.5, 0.6) is 0 Å². The van der Waals surface area contributed by atoms with Crippen molar-refractivity contribution in [3.63, 3.8) is 0 Å². The number of hydrogen-bond donors (Lipinski definition) is 2. The zero-order valence-electron chi connectivity index (χ0n) is 25.2. The Balaban J connectivity index is 1.52. The van der Waals surface area contributed by atoms with Crippen LogP contribution < -0.4 is 10.6 Å². The molecule has 1 aromatic rings. The number of nitrogens with one attached hydrogen (secondary N) is 2. The highest BCUT2D eigenvalue weighted by Gasteiger charge is 2.40. The van der Waals surface area contributed by atoms with Gasteiger partial charge in [0.15, 0.2) is 0 Å². The summed E-state index contributed by atoms with van der Waals surface area (Å²) in [5.41, 5.74) is 8.71. The minimum Gasteiger partial charge on any atom is -0.444 e. The summed E-state index contributed by atoms with van der Waals surface area (Å²) in [7, 11) is 0. The maximum Gasteiger partial charge on any atom is 0.410 e. The first-order chi connectivity index (χ1) is 21.0. The van der Waals surface area contributed by atoms with E-state index in [2.05, 4.69) is 20.7 Å². The number of benzene rings is 1. The molecule has 0 aromatic heterocycles. The van der Waals surface area contributed by atoms with E-state index in [0.717, 1.165) is 0 Å². The Labute approximate surface area is 254 Å². The van der Waals surface area contributed by atoms with Crippen LogP contribution in [0.15, 0.2) is 23.3 Å². The van der Waals surface area contributed by atoms with E-state index in [4.69, 9.17) is 24.5 Å². The molecule has 1 unspecified atom stereocenters. The number of nitrogens with zero attached hydrogens (tertiary/aromatic N) is 5. The van der Waals surface area contributed by atoms with E-state index < -0.39 is 29.6 Å². The predicted molar refractivity (Wildman–Crippen MR) is 155 cm³/mol. The number of piperidine rings is 1. The van der Waals surface area contributed by atoms with Gasteiger partial charge in [-0.1, -0.05) is 11.2 Å². The van der Waals surface area contributed by atoms with Crippen molar-refractivity contribution in [1.29, 1.82) is 0 Å². The van der Waals surface area contributed by atoms with E-state index in [-0.39, 0.29) is 64.0 Å². The molecule has 44 heavy (non-hydrogen) atoms. The zero-order chi connectivity index (χ0) is 32.1. The van der Waals surface area contributed by atoms with Crippen molar-refractivity contribution in [3.8, 4) is 0 Å². The molecule has 1 fully saturated rings. The first kappa shape index (κ1) is 34.3. The van der Waals surface area contributed by atoms with Crippen LogP contribution in [0, 0.1) is 0 Å². The van der Waals surface area contributed by atoms with Crippen LogP contribution >= 0.6 is 0 Å². The molecule has 16 heteroatoms. The van der Waals surface area contributed by atoms with Crippen molar-refractivity contribution >= 4 is 35.4 Å². The molecule has 5 amide bonds. The van der Waals surface area contributed by atoms with Crippen molar-refractivity contribution in [1.82, 2.24) is 15.1 Å². The smallest absolute Gasteiger partial charge is 0.410 e. The lowest BCUT2D eigenvalue weighted by Crippen LogP contribution is -2.52. The van der Waals surface area contributed by atoms with Gasteiger partial charge >= 0.3 is 6.09 Å². The van der Waals surface area contributed by atoms with Gasteiger partial charge in [0.25, 0.3) is 5.91 Å². The van der Waals surface area contributed by atoms with Gasteiger partial charge in [-0.25, -0.2) is 4.79 Å². The molecule has 0 aliphatic carbocycles. The molecule has 2 aliphatic heterocycles. The van der Waals surface area contributed by atoms with Gasteiger partial charge in [0.2, 0.25) is 17.7 Å². The molecule has 0 bridgehead atoms. The molecule has 1 atom stereocenters. The van der Waals surface area contributed by atoms with Gasteiger partial charge in [-0.15, -0.1) is 0 Å². The number of carbonyl (C=O) groups is 5.